The number of hydrogen-bond acceptors (Lipinski definition) is 4. The molecule has 0 fully saturated rings. The molecule has 2 aromatic carbocycles. The van der Waals surface area contributed by atoms with Gasteiger partial charge in [-0.3, -0.25) is 4.79 Å². The molecule has 0 saturated heterocycles. The van der Waals surface area contributed by atoms with Crippen LogP contribution < -0.4 is 5.32 Å². The van der Waals surface area contributed by atoms with Crippen molar-refractivity contribution in [3.8, 4) is 0 Å². The van der Waals surface area contributed by atoms with E-state index in [1.54, 1.807) is 6.92 Å². The molecule has 2 rings (SSSR count). The normalized spacial score (nSPS) is 10.2. The Morgan fingerprint density at radius 3 is 2.35 bits per heavy atom. The van der Waals surface area contributed by atoms with Crippen molar-refractivity contribution >= 4 is 12.1 Å². The van der Waals surface area contributed by atoms with Crippen molar-refractivity contribution in [2.24, 2.45) is 0 Å². The average molecular weight is 355 g/mol. The first kappa shape index (κ1) is 19.5. The minimum absolute atomic E-state index is 0.174. The molecule has 0 spiro atoms. The predicted molar refractivity (Wildman–Crippen MR) is 99.5 cm³/mol. The number of benzene rings is 2. The lowest BCUT2D eigenvalue weighted by Crippen LogP contribution is -2.24. The second-order valence-corrected chi connectivity index (χ2v) is 5.84. The Morgan fingerprint density at radius 1 is 0.923 bits per heavy atom. The molecule has 5 heteroatoms. The largest absolute Gasteiger partial charge is 0.466 e. The van der Waals surface area contributed by atoms with Gasteiger partial charge in [0, 0.05) is 13.0 Å². The van der Waals surface area contributed by atoms with Gasteiger partial charge in [0.15, 0.2) is 0 Å². The van der Waals surface area contributed by atoms with Crippen LogP contribution in [0.2, 0.25) is 0 Å². The van der Waals surface area contributed by atoms with E-state index in [2.05, 4.69) is 5.32 Å². The zero-order chi connectivity index (χ0) is 18.6. The second kappa shape index (κ2) is 10.9. The lowest BCUT2D eigenvalue weighted by Gasteiger charge is -2.11. The number of esters is 1. The fourth-order valence-corrected chi connectivity index (χ4v) is 2.57. The van der Waals surface area contributed by atoms with Crippen LogP contribution in [0.4, 0.5) is 4.79 Å². The molecule has 0 heterocycles. The molecule has 1 amide bonds. The van der Waals surface area contributed by atoms with Crippen molar-refractivity contribution in [1.82, 2.24) is 5.32 Å². The van der Waals surface area contributed by atoms with Crippen molar-refractivity contribution in [1.29, 1.82) is 0 Å². The zero-order valence-electron chi connectivity index (χ0n) is 15.1. The summed E-state index contributed by atoms with van der Waals surface area (Å²) in [5.74, 6) is -0.174. The standard InChI is InChI=1S/C21H25NO4/c1-2-25-20(23)14-8-13-18-11-6-7-12-19(18)15-22-21(24)26-16-17-9-4-3-5-10-17/h3-7,9-12H,2,8,13-16H2,1H3,(H,22,24). The molecular formula is C21H25NO4. The van der Waals surface area contributed by atoms with Crippen LogP contribution in [0, 0.1) is 0 Å². The highest BCUT2D eigenvalue weighted by Crippen LogP contribution is 2.12. The maximum absolute atomic E-state index is 11.9. The molecule has 0 atom stereocenters. The predicted octanol–water partition coefficient (Wildman–Crippen LogP) is 4.00. The average Bonchev–Trinajstić information content (AvgIpc) is 2.66. The highest BCUT2D eigenvalue weighted by Gasteiger charge is 2.07. The summed E-state index contributed by atoms with van der Waals surface area (Å²) in [5.41, 5.74) is 3.08. The Hall–Kier alpha value is -2.82. The third-order valence-corrected chi connectivity index (χ3v) is 3.89. The Balaban J connectivity index is 1.78. The Bertz CT molecular complexity index is 700. The minimum Gasteiger partial charge on any atom is -0.466 e. The highest BCUT2D eigenvalue weighted by atomic mass is 16.5. The molecule has 1 N–H and O–H groups in total. The summed E-state index contributed by atoms with van der Waals surface area (Å²) >= 11 is 0. The number of alkyl carbamates (subject to hydrolysis) is 1. The second-order valence-electron chi connectivity index (χ2n) is 5.84. The first-order valence-corrected chi connectivity index (χ1v) is 8.86. The molecular weight excluding hydrogens is 330 g/mol. The van der Waals surface area contributed by atoms with Crippen LogP contribution in [0.3, 0.4) is 0 Å². The number of nitrogens with one attached hydrogen (secondary N) is 1. The third kappa shape index (κ3) is 6.97. The maximum Gasteiger partial charge on any atom is 0.407 e. The first-order valence-electron chi connectivity index (χ1n) is 8.86. The summed E-state index contributed by atoms with van der Waals surface area (Å²) < 4.78 is 10.2. The van der Waals surface area contributed by atoms with E-state index in [9.17, 15) is 9.59 Å². The van der Waals surface area contributed by atoms with Gasteiger partial charge in [-0.1, -0.05) is 54.6 Å². The summed E-state index contributed by atoms with van der Waals surface area (Å²) in [6.07, 6.45) is 1.42. The fraction of sp³-hybridized carbons (Fsp3) is 0.333. The van der Waals surface area contributed by atoms with Gasteiger partial charge in [0.1, 0.15) is 6.61 Å². The number of ether oxygens (including phenoxy) is 2. The van der Waals surface area contributed by atoms with Crippen molar-refractivity contribution < 1.29 is 19.1 Å². The van der Waals surface area contributed by atoms with Crippen molar-refractivity contribution in [3.63, 3.8) is 0 Å². The van der Waals surface area contributed by atoms with Gasteiger partial charge in [0.2, 0.25) is 0 Å². The molecule has 0 saturated carbocycles. The Labute approximate surface area is 154 Å². The number of hydrogen-bond donors (Lipinski definition) is 1. The maximum atomic E-state index is 11.9. The summed E-state index contributed by atoms with van der Waals surface area (Å²) in [6, 6.07) is 17.4. The van der Waals surface area contributed by atoms with Gasteiger partial charge in [-0.25, -0.2) is 4.79 Å². The van der Waals surface area contributed by atoms with Crippen molar-refractivity contribution in [2.45, 2.75) is 39.3 Å². The number of carbonyl (C=O) groups excluding carboxylic acids is 2. The van der Waals surface area contributed by atoms with E-state index >= 15 is 0 Å². The Kier molecular flexibility index (Phi) is 8.19. The van der Waals surface area contributed by atoms with E-state index in [1.807, 2.05) is 54.6 Å². The molecule has 2 aromatic rings. The molecule has 0 aliphatic heterocycles. The zero-order valence-corrected chi connectivity index (χ0v) is 15.1. The Morgan fingerprint density at radius 2 is 1.62 bits per heavy atom. The quantitative estimate of drug-likeness (QED) is 0.691. The van der Waals surface area contributed by atoms with E-state index in [1.165, 1.54) is 0 Å². The number of amides is 1. The van der Waals surface area contributed by atoms with Gasteiger partial charge in [-0.2, -0.15) is 0 Å². The molecule has 0 aliphatic rings. The van der Waals surface area contributed by atoms with Crippen LogP contribution in [-0.4, -0.2) is 18.7 Å². The molecule has 0 unspecified atom stereocenters. The monoisotopic (exact) mass is 355 g/mol. The SMILES string of the molecule is CCOC(=O)CCCc1ccccc1CNC(=O)OCc1ccccc1. The number of aryl methyl sites for hydroxylation is 1. The van der Waals surface area contributed by atoms with Gasteiger partial charge >= 0.3 is 12.1 Å². The van der Waals surface area contributed by atoms with E-state index < -0.39 is 6.09 Å². The molecule has 0 bridgehead atoms. The minimum atomic E-state index is -0.449. The molecule has 0 aromatic heterocycles. The molecule has 26 heavy (non-hydrogen) atoms. The molecule has 0 radical (unpaired) electrons. The van der Waals surface area contributed by atoms with E-state index in [0.717, 1.165) is 23.1 Å². The highest BCUT2D eigenvalue weighted by molar-refractivity contribution is 5.69. The summed E-state index contributed by atoms with van der Waals surface area (Å²) in [7, 11) is 0. The van der Waals surface area contributed by atoms with Crippen LogP contribution in [0.15, 0.2) is 54.6 Å². The number of rotatable bonds is 9. The van der Waals surface area contributed by atoms with Gasteiger partial charge in [-0.05, 0) is 36.5 Å². The summed E-state index contributed by atoms with van der Waals surface area (Å²) in [6.45, 7) is 2.84. The lowest BCUT2D eigenvalue weighted by atomic mass is 10.0. The van der Waals surface area contributed by atoms with Gasteiger partial charge in [-0.15, -0.1) is 0 Å². The van der Waals surface area contributed by atoms with E-state index in [-0.39, 0.29) is 12.6 Å². The van der Waals surface area contributed by atoms with Crippen LogP contribution in [0.5, 0.6) is 0 Å². The van der Waals surface area contributed by atoms with Crippen LogP contribution in [0.1, 0.15) is 36.5 Å². The van der Waals surface area contributed by atoms with Gasteiger partial charge in [0.05, 0.1) is 6.61 Å². The third-order valence-electron chi connectivity index (χ3n) is 3.89. The lowest BCUT2D eigenvalue weighted by molar-refractivity contribution is -0.143. The smallest absolute Gasteiger partial charge is 0.407 e. The van der Waals surface area contributed by atoms with Crippen molar-refractivity contribution in [3.05, 3.63) is 71.3 Å². The summed E-state index contributed by atoms with van der Waals surface area (Å²) in [5, 5.41) is 2.78. The summed E-state index contributed by atoms with van der Waals surface area (Å²) in [4.78, 5) is 23.3. The van der Waals surface area contributed by atoms with Crippen molar-refractivity contribution in [2.75, 3.05) is 6.61 Å². The fourth-order valence-electron chi connectivity index (χ4n) is 2.57. The van der Waals surface area contributed by atoms with Crippen LogP contribution in [0.25, 0.3) is 0 Å². The van der Waals surface area contributed by atoms with Crippen LogP contribution >= 0.6 is 0 Å². The van der Waals surface area contributed by atoms with Crippen LogP contribution in [-0.2, 0) is 33.8 Å². The topological polar surface area (TPSA) is 64.6 Å². The molecule has 138 valence electrons. The molecule has 5 nitrogen and oxygen atoms in total. The van der Waals surface area contributed by atoms with E-state index in [4.69, 9.17) is 9.47 Å². The number of carbonyl (C=O) groups is 2. The van der Waals surface area contributed by atoms with E-state index in [0.29, 0.717) is 26.0 Å². The first-order chi connectivity index (χ1) is 12.7. The molecule has 0 aliphatic carbocycles. The van der Waals surface area contributed by atoms with Gasteiger partial charge in [0.25, 0.3) is 0 Å². The van der Waals surface area contributed by atoms with Gasteiger partial charge < -0.3 is 14.8 Å².